The fraction of sp³-hybridized carbons (Fsp3) is 0.500. The zero-order valence-corrected chi connectivity index (χ0v) is 12.9. The highest BCUT2D eigenvalue weighted by atomic mass is 32.2. The number of primary amides is 1. The van der Waals surface area contributed by atoms with E-state index in [4.69, 9.17) is 11.5 Å². The molecule has 4 N–H and O–H groups in total. The molecule has 2 rings (SSSR count). The van der Waals surface area contributed by atoms with Crippen LogP contribution in [-0.2, 0) is 21.2 Å². The van der Waals surface area contributed by atoms with Crippen LogP contribution < -0.4 is 11.5 Å². The lowest BCUT2D eigenvalue weighted by atomic mass is 9.99. The van der Waals surface area contributed by atoms with Gasteiger partial charge in [0.1, 0.15) is 0 Å². The lowest BCUT2D eigenvalue weighted by Gasteiger charge is -2.30. The molecule has 116 valence electrons. The number of piperidine rings is 1. The van der Waals surface area contributed by atoms with Crippen molar-refractivity contribution >= 4 is 21.6 Å². The third-order valence-corrected chi connectivity index (χ3v) is 5.78. The minimum absolute atomic E-state index is 0.146. The number of nitrogen functional groups attached to an aromatic ring is 1. The molecule has 21 heavy (non-hydrogen) atoms. The quantitative estimate of drug-likeness (QED) is 0.799. The van der Waals surface area contributed by atoms with Crippen molar-refractivity contribution in [3.8, 4) is 0 Å². The van der Waals surface area contributed by atoms with Gasteiger partial charge >= 0.3 is 0 Å². The molecule has 0 aromatic heterocycles. The largest absolute Gasteiger partial charge is 0.398 e. The van der Waals surface area contributed by atoms with Crippen molar-refractivity contribution in [2.24, 2.45) is 11.7 Å². The topological polar surface area (TPSA) is 106 Å². The van der Waals surface area contributed by atoms with Crippen LogP contribution in [-0.4, -0.2) is 31.7 Å². The molecule has 0 radical (unpaired) electrons. The fourth-order valence-electron chi connectivity index (χ4n) is 2.60. The molecule has 1 heterocycles. The van der Waals surface area contributed by atoms with Crippen LogP contribution in [0.2, 0.25) is 0 Å². The standard InChI is InChI=1S/C14H21N3O3S/c1-2-10-5-6-12(8-13(10)15)21(19,20)17-7-3-4-11(9-17)14(16)18/h5-6,8,11H,2-4,7,9,15H2,1H3,(H2,16,18). The molecule has 1 aromatic carbocycles. The molecule has 1 saturated heterocycles. The minimum Gasteiger partial charge on any atom is -0.398 e. The van der Waals surface area contributed by atoms with Crippen LogP contribution in [0.15, 0.2) is 23.1 Å². The number of nitrogens with zero attached hydrogens (tertiary/aromatic N) is 1. The second-order valence-corrected chi connectivity index (χ2v) is 7.26. The summed E-state index contributed by atoms with van der Waals surface area (Å²) in [5.74, 6) is -0.864. The van der Waals surface area contributed by atoms with E-state index in [9.17, 15) is 13.2 Å². The Bertz CT molecular complexity index is 643. The van der Waals surface area contributed by atoms with Crippen LogP contribution in [0, 0.1) is 5.92 Å². The van der Waals surface area contributed by atoms with E-state index in [2.05, 4.69) is 0 Å². The number of carbonyl (C=O) groups is 1. The molecule has 1 fully saturated rings. The van der Waals surface area contributed by atoms with E-state index >= 15 is 0 Å². The van der Waals surface area contributed by atoms with E-state index in [0.29, 0.717) is 25.1 Å². The van der Waals surface area contributed by atoms with Crippen molar-refractivity contribution in [1.29, 1.82) is 0 Å². The maximum Gasteiger partial charge on any atom is 0.243 e. The van der Waals surface area contributed by atoms with E-state index in [0.717, 1.165) is 12.0 Å². The summed E-state index contributed by atoms with van der Waals surface area (Å²) in [5, 5.41) is 0. The number of hydrogen-bond acceptors (Lipinski definition) is 4. The first-order chi connectivity index (χ1) is 9.86. The monoisotopic (exact) mass is 311 g/mol. The van der Waals surface area contributed by atoms with Gasteiger partial charge in [-0.3, -0.25) is 4.79 Å². The number of hydrogen-bond donors (Lipinski definition) is 2. The number of amides is 1. The molecule has 6 nitrogen and oxygen atoms in total. The molecular formula is C14H21N3O3S. The Morgan fingerprint density at radius 3 is 2.71 bits per heavy atom. The molecule has 1 aromatic rings. The van der Waals surface area contributed by atoms with Gasteiger partial charge in [0.05, 0.1) is 10.8 Å². The van der Waals surface area contributed by atoms with Crippen molar-refractivity contribution in [3.63, 3.8) is 0 Å². The van der Waals surface area contributed by atoms with Gasteiger partial charge in [0.15, 0.2) is 0 Å². The van der Waals surface area contributed by atoms with E-state index < -0.39 is 21.8 Å². The molecule has 1 atom stereocenters. The van der Waals surface area contributed by atoms with Crippen molar-refractivity contribution in [2.75, 3.05) is 18.8 Å². The number of rotatable bonds is 4. The third kappa shape index (κ3) is 3.19. The summed E-state index contributed by atoms with van der Waals surface area (Å²) in [6, 6.07) is 4.79. The van der Waals surface area contributed by atoms with Crippen LogP contribution in [0.5, 0.6) is 0 Å². The maximum atomic E-state index is 12.6. The molecule has 1 aliphatic heterocycles. The van der Waals surface area contributed by atoms with Crippen molar-refractivity contribution < 1.29 is 13.2 Å². The number of nitrogens with two attached hydrogens (primary N) is 2. The average molecular weight is 311 g/mol. The van der Waals surface area contributed by atoms with E-state index in [1.54, 1.807) is 12.1 Å². The number of benzene rings is 1. The molecule has 7 heteroatoms. The van der Waals surface area contributed by atoms with Crippen molar-refractivity contribution in [1.82, 2.24) is 4.31 Å². The first kappa shape index (κ1) is 15.8. The summed E-state index contributed by atoms with van der Waals surface area (Å²) in [5.41, 5.74) is 12.6. The summed E-state index contributed by atoms with van der Waals surface area (Å²) in [4.78, 5) is 11.5. The van der Waals surface area contributed by atoms with E-state index in [1.165, 1.54) is 10.4 Å². The van der Waals surface area contributed by atoms with Gasteiger partial charge in [-0.25, -0.2) is 8.42 Å². The van der Waals surface area contributed by atoms with E-state index in [-0.39, 0.29) is 11.4 Å². The Morgan fingerprint density at radius 2 is 2.14 bits per heavy atom. The van der Waals surface area contributed by atoms with Gasteiger partial charge in [0.2, 0.25) is 15.9 Å². The van der Waals surface area contributed by atoms with Gasteiger partial charge in [-0.05, 0) is 37.0 Å². The first-order valence-corrected chi connectivity index (χ1v) is 8.48. The van der Waals surface area contributed by atoms with Gasteiger partial charge in [0.25, 0.3) is 0 Å². The molecule has 0 saturated carbocycles. The Morgan fingerprint density at radius 1 is 1.43 bits per heavy atom. The lowest BCUT2D eigenvalue weighted by molar-refractivity contribution is -0.122. The zero-order chi connectivity index (χ0) is 15.6. The van der Waals surface area contributed by atoms with E-state index in [1.807, 2.05) is 6.92 Å². The highest BCUT2D eigenvalue weighted by Crippen LogP contribution is 2.26. The summed E-state index contributed by atoms with van der Waals surface area (Å²) >= 11 is 0. The second-order valence-electron chi connectivity index (χ2n) is 5.32. The average Bonchev–Trinajstić information content (AvgIpc) is 2.47. The number of anilines is 1. The summed E-state index contributed by atoms with van der Waals surface area (Å²) in [6.07, 6.45) is 2.02. The van der Waals surface area contributed by atoms with Crippen LogP contribution in [0.1, 0.15) is 25.3 Å². The van der Waals surface area contributed by atoms with Gasteiger partial charge < -0.3 is 11.5 Å². The molecular weight excluding hydrogens is 290 g/mol. The Balaban J connectivity index is 2.29. The Labute approximate surface area is 125 Å². The van der Waals surface area contributed by atoms with Crippen LogP contribution in [0.25, 0.3) is 0 Å². The molecule has 0 spiro atoms. The highest BCUT2D eigenvalue weighted by Gasteiger charge is 2.32. The van der Waals surface area contributed by atoms with Crippen LogP contribution in [0.3, 0.4) is 0 Å². The summed E-state index contributed by atoms with van der Waals surface area (Å²) in [7, 11) is -3.63. The summed E-state index contributed by atoms with van der Waals surface area (Å²) < 4.78 is 26.6. The fourth-order valence-corrected chi connectivity index (χ4v) is 4.16. The smallest absolute Gasteiger partial charge is 0.243 e. The molecule has 0 bridgehead atoms. The van der Waals surface area contributed by atoms with Crippen molar-refractivity contribution in [3.05, 3.63) is 23.8 Å². The first-order valence-electron chi connectivity index (χ1n) is 7.04. The second kappa shape index (κ2) is 6.03. The Kier molecular flexibility index (Phi) is 4.53. The normalized spacial score (nSPS) is 20.3. The van der Waals surface area contributed by atoms with Crippen LogP contribution in [0.4, 0.5) is 5.69 Å². The predicted octanol–water partition coefficient (Wildman–Crippen LogP) is 0.717. The minimum atomic E-state index is -3.63. The van der Waals surface area contributed by atoms with Gasteiger partial charge in [-0.2, -0.15) is 4.31 Å². The third-order valence-electron chi connectivity index (χ3n) is 3.92. The predicted molar refractivity (Wildman–Crippen MR) is 80.9 cm³/mol. The van der Waals surface area contributed by atoms with Crippen LogP contribution >= 0.6 is 0 Å². The molecule has 0 aliphatic carbocycles. The molecule has 1 aliphatic rings. The Hall–Kier alpha value is -1.60. The maximum absolute atomic E-state index is 12.6. The van der Waals surface area contributed by atoms with Gasteiger partial charge in [-0.15, -0.1) is 0 Å². The van der Waals surface area contributed by atoms with Crippen molar-refractivity contribution in [2.45, 2.75) is 31.1 Å². The van der Waals surface area contributed by atoms with Gasteiger partial charge in [0, 0.05) is 18.8 Å². The molecule has 1 amide bonds. The number of sulfonamides is 1. The lowest BCUT2D eigenvalue weighted by Crippen LogP contribution is -2.44. The summed E-state index contributed by atoms with van der Waals surface area (Å²) in [6.45, 7) is 2.51. The highest BCUT2D eigenvalue weighted by molar-refractivity contribution is 7.89. The molecule has 1 unspecified atom stereocenters. The number of carbonyl (C=O) groups excluding carboxylic acids is 1. The zero-order valence-electron chi connectivity index (χ0n) is 12.1. The van der Waals surface area contributed by atoms with Gasteiger partial charge in [-0.1, -0.05) is 13.0 Å². The number of aryl methyl sites for hydroxylation is 1. The SMILES string of the molecule is CCc1ccc(S(=O)(=O)N2CCCC(C(N)=O)C2)cc1N.